The number of ether oxygens (including phenoxy) is 1. The van der Waals surface area contributed by atoms with Crippen LogP contribution in [0.1, 0.15) is 57.7 Å². The van der Waals surface area contributed by atoms with Crippen molar-refractivity contribution in [1.29, 1.82) is 0 Å². The molecule has 1 fully saturated rings. The van der Waals surface area contributed by atoms with E-state index in [1.54, 1.807) is 27.2 Å². The number of carbonyl (C=O) groups is 4. The molecule has 0 radical (unpaired) electrons. The van der Waals surface area contributed by atoms with Crippen LogP contribution in [0.5, 0.6) is 0 Å². The van der Waals surface area contributed by atoms with Crippen LogP contribution in [0, 0.1) is 11.3 Å². The summed E-state index contributed by atoms with van der Waals surface area (Å²) < 4.78 is 4.78. The lowest BCUT2D eigenvalue weighted by molar-refractivity contribution is -0.132. The van der Waals surface area contributed by atoms with Gasteiger partial charge in [0.1, 0.15) is 12.1 Å². The SMILES string of the molecule is CCC(C)C(C(=O)NC(Cc1ccccc1)C(O)CN(Cc1ccccc1)NC(=O)C(NC(=O)OC)C(C)(C)C)N1CCN(Cc2cccnc2)C1=O. The molecule has 5 amide bonds. The third-order valence-electron chi connectivity index (χ3n) is 9.57. The Balaban J connectivity index is 1.59. The van der Waals surface area contributed by atoms with Gasteiger partial charge in [-0.15, -0.1) is 0 Å². The van der Waals surface area contributed by atoms with Crippen molar-refractivity contribution in [3.63, 3.8) is 0 Å². The highest BCUT2D eigenvalue weighted by Gasteiger charge is 2.41. The first-order valence-corrected chi connectivity index (χ1v) is 18.2. The molecule has 286 valence electrons. The van der Waals surface area contributed by atoms with Crippen molar-refractivity contribution in [2.24, 2.45) is 11.3 Å². The smallest absolute Gasteiger partial charge is 0.407 e. The molecule has 4 rings (SSSR count). The number of urea groups is 1. The summed E-state index contributed by atoms with van der Waals surface area (Å²) in [6.45, 7) is 10.8. The summed E-state index contributed by atoms with van der Waals surface area (Å²) in [5.74, 6) is -1.02. The van der Waals surface area contributed by atoms with Crippen LogP contribution in [0.2, 0.25) is 0 Å². The van der Waals surface area contributed by atoms with Crippen molar-refractivity contribution < 1.29 is 29.0 Å². The Hall–Kier alpha value is -5.01. The van der Waals surface area contributed by atoms with E-state index >= 15 is 0 Å². The van der Waals surface area contributed by atoms with E-state index in [-0.39, 0.29) is 30.9 Å². The molecule has 1 aliphatic heterocycles. The van der Waals surface area contributed by atoms with Crippen LogP contribution in [0.15, 0.2) is 85.2 Å². The lowest BCUT2D eigenvalue weighted by atomic mass is 9.86. The number of methoxy groups -OCH3 is 1. The molecule has 1 saturated heterocycles. The summed E-state index contributed by atoms with van der Waals surface area (Å²) in [4.78, 5) is 61.6. The molecule has 2 aromatic carbocycles. The van der Waals surface area contributed by atoms with Gasteiger partial charge in [-0.3, -0.25) is 20.0 Å². The number of hydrogen-bond donors (Lipinski definition) is 4. The van der Waals surface area contributed by atoms with E-state index in [4.69, 9.17) is 4.74 Å². The summed E-state index contributed by atoms with van der Waals surface area (Å²) >= 11 is 0. The predicted octanol–water partition coefficient (Wildman–Crippen LogP) is 4.13. The average Bonchev–Trinajstić information content (AvgIpc) is 3.49. The van der Waals surface area contributed by atoms with Crippen molar-refractivity contribution in [3.8, 4) is 0 Å². The second-order valence-electron chi connectivity index (χ2n) is 14.7. The summed E-state index contributed by atoms with van der Waals surface area (Å²) in [5, 5.41) is 19.3. The monoisotopic (exact) mass is 729 g/mol. The number of hydrogen-bond acceptors (Lipinski definition) is 8. The molecule has 3 aromatic rings. The fraction of sp³-hybridized carbons (Fsp3) is 0.475. The van der Waals surface area contributed by atoms with Crippen LogP contribution >= 0.6 is 0 Å². The Morgan fingerprint density at radius 3 is 2.15 bits per heavy atom. The first-order valence-electron chi connectivity index (χ1n) is 18.2. The van der Waals surface area contributed by atoms with Gasteiger partial charge >= 0.3 is 12.1 Å². The van der Waals surface area contributed by atoms with Crippen LogP contribution in [0.25, 0.3) is 0 Å². The molecule has 2 heterocycles. The molecule has 13 nitrogen and oxygen atoms in total. The van der Waals surface area contributed by atoms with Gasteiger partial charge in [-0.05, 0) is 40.5 Å². The van der Waals surface area contributed by atoms with Crippen LogP contribution < -0.4 is 16.1 Å². The number of alkyl carbamates (subject to hydrolysis) is 1. The first kappa shape index (κ1) is 40.8. The standard InChI is InChI=1S/C40H55N7O6/c1-7-28(2)34(47-22-21-45(39(47)52)25-31-19-14-20-41-24-31)36(49)42-32(23-29-15-10-8-11-16-29)33(48)27-46(26-30-17-12-9-13-18-30)44-37(50)35(40(3,4)5)43-38(51)53-6/h8-20,24,28,32-35,48H,7,21-23,25-27H2,1-6H3,(H,42,49)(H,43,51)(H,44,50). The molecule has 4 N–H and O–H groups in total. The van der Waals surface area contributed by atoms with Gasteiger partial charge in [0.2, 0.25) is 5.91 Å². The van der Waals surface area contributed by atoms with Gasteiger partial charge in [0.25, 0.3) is 5.91 Å². The molecule has 13 heteroatoms. The maximum absolute atomic E-state index is 14.4. The van der Waals surface area contributed by atoms with Gasteiger partial charge < -0.3 is 30.3 Å². The Labute approximate surface area is 313 Å². The molecule has 1 aliphatic rings. The molecule has 0 aliphatic carbocycles. The normalized spacial score (nSPS) is 16.0. The zero-order valence-corrected chi connectivity index (χ0v) is 31.7. The Morgan fingerprint density at radius 1 is 0.925 bits per heavy atom. The lowest BCUT2D eigenvalue weighted by Gasteiger charge is -2.36. The number of hydrazine groups is 1. The Kier molecular flexibility index (Phi) is 14.7. The fourth-order valence-electron chi connectivity index (χ4n) is 6.45. The minimum atomic E-state index is -1.17. The van der Waals surface area contributed by atoms with E-state index in [0.717, 1.165) is 16.7 Å². The van der Waals surface area contributed by atoms with Crippen LogP contribution in [-0.4, -0.2) is 99.8 Å². The second-order valence-corrected chi connectivity index (χ2v) is 14.7. The van der Waals surface area contributed by atoms with Gasteiger partial charge in [-0.1, -0.05) is 108 Å². The van der Waals surface area contributed by atoms with Crippen LogP contribution in [0.3, 0.4) is 0 Å². The number of aromatic nitrogens is 1. The van der Waals surface area contributed by atoms with Gasteiger partial charge in [0.15, 0.2) is 0 Å². The number of benzene rings is 2. The van der Waals surface area contributed by atoms with E-state index in [1.807, 2.05) is 107 Å². The molecular formula is C40H55N7O6. The van der Waals surface area contributed by atoms with Gasteiger partial charge in [-0.25, -0.2) is 14.6 Å². The number of nitrogens with zero attached hydrogens (tertiary/aromatic N) is 4. The predicted molar refractivity (Wildman–Crippen MR) is 202 cm³/mol. The van der Waals surface area contributed by atoms with Crippen LogP contribution in [0.4, 0.5) is 9.59 Å². The number of rotatable bonds is 17. The van der Waals surface area contributed by atoms with Crippen molar-refractivity contribution in [3.05, 3.63) is 102 Å². The van der Waals surface area contributed by atoms with Crippen LogP contribution in [-0.2, 0) is 33.8 Å². The number of nitrogens with one attached hydrogen (secondary N) is 3. The summed E-state index contributed by atoms with van der Waals surface area (Å²) in [6.07, 6.45) is 2.45. The van der Waals surface area contributed by atoms with Gasteiger partial charge in [-0.2, -0.15) is 0 Å². The maximum atomic E-state index is 14.4. The molecule has 0 saturated carbocycles. The summed E-state index contributed by atoms with van der Waals surface area (Å²) in [7, 11) is 1.23. The molecule has 5 unspecified atom stereocenters. The minimum Gasteiger partial charge on any atom is -0.453 e. The second kappa shape index (κ2) is 19.2. The van der Waals surface area contributed by atoms with Crippen molar-refractivity contribution in [2.45, 2.75) is 84.8 Å². The van der Waals surface area contributed by atoms with E-state index in [1.165, 1.54) is 7.11 Å². The molecule has 5 atom stereocenters. The maximum Gasteiger partial charge on any atom is 0.407 e. The zero-order chi connectivity index (χ0) is 38.5. The third-order valence-corrected chi connectivity index (χ3v) is 9.57. The number of aliphatic hydroxyl groups excluding tert-OH is 1. The number of aliphatic hydroxyl groups is 1. The fourth-order valence-corrected chi connectivity index (χ4v) is 6.45. The molecule has 53 heavy (non-hydrogen) atoms. The summed E-state index contributed by atoms with van der Waals surface area (Å²) in [5.41, 5.74) is 4.91. The van der Waals surface area contributed by atoms with Crippen molar-refractivity contribution >= 4 is 23.9 Å². The lowest BCUT2D eigenvalue weighted by Crippen LogP contribution is -2.60. The zero-order valence-electron chi connectivity index (χ0n) is 31.7. The van der Waals surface area contributed by atoms with E-state index in [0.29, 0.717) is 32.5 Å². The number of pyridine rings is 1. The van der Waals surface area contributed by atoms with E-state index in [2.05, 4.69) is 21.0 Å². The first-order chi connectivity index (χ1) is 25.3. The molecule has 1 aromatic heterocycles. The average molecular weight is 730 g/mol. The third kappa shape index (κ3) is 11.7. The van der Waals surface area contributed by atoms with E-state index < -0.39 is 41.6 Å². The number of amides is 5. The van der Waals surface area contributed by atoms with Crippen molar-refractivity contribution in [1.82, 2.24) is 35.9 Å². The molecular weight excluding hydrogens is 674 g/mol. The number of carbonyl (C=O) groups excluding carboxylic acids is 4. The highest BCUT2D eigenvalue weighted by molar-refractivity contribution is 5.88. The summed E-state index contributed by atoms with van der Waals surface area (Å²) in [6, 6.07) is 20.0. The highest BCUT2D eigenvalue weighted by Crippen LogP contribution is 2.24. The quantitative estimate of drug-likeness (QED) is 0.151. The largest absolute Gasteiger partial charge is 0.453 e. The Bertz CT molecular complexity index is 1620. The van der Waals surface area contributed by atoms with Gasteiger partial charge in [0.05, 0.1) is 19.3 Å². The molecule has 0 bridgehead atoms. The Morgan fingerprint density at radius 2 is 1.57 bits per heavy atom. The minimum absolute atomic E-state index is 0.0664. The van der Waals surface area contributed by atoms with E-state index in [9.17, 15) is 24.3 Å². The van der Waals surface area contributed by atoms with Gasteiger partial charge in [0, 0.05) is 45.1 Å². The molecule has 0 spiro atoms. The topological polar surface area (TPSA) is 156 Å². The highest BCUT2D eigenvalue weighted by atomic mass is 16.5. The van der Waals surface area contributed by atoms with Crippen molar-refractivity contribution in [2.75, 3.05) is 26.7 Å².